The van der Waals surface area contributed by atoms with Crippen LogP contribution in [0.4, 0.5) is 0 Å². The normalized spacial score (nSPS) is 19.8. The second kappa shape index (κ2) is 11.6. The van der Waals surface area contributed by atoms with Crippen LogP contribution in [0.1, 0.15) is 43.7 Å². The van der Waals surface area contributed by atoms with Crippen molar-refractivity contribution in [2.45, 2.75) is 51.6 Å². The molecule has 0 aliphatic carbocycles. The lowest BCUT2D eigenvalue weighted by atomic mass is 9.99. The largest absolute Gasteiger partial charge is 0.370 e. The molecule has 3 rings (SSSR count). The van der Waals surface area contributed by atoms with Crippen molar-refractivity contribution in [2.75, 3.05) is 32.7 Å². The van der Waals surface area contributed by atoms with Crippen LogP contribution in [0.15, 0.2) is 29.3 Å². The van der Waals surface area contributed by atoms with E-state index in [-0.39, 0.29) is 29.9 Å². The molecular weight excluding hydrogens is 465 g/mol. The van der Waals surface area contributed by atoms with Gasteiger partial charge < -0.3 is 16.0 Å². The van der Waals surface area contributed by atoms with Crippen molar-refractivity contribution >= 4 is 35.8 Å². The average Bonchev–Trinajstić information content (AvgIpc) is 3.16. The topological polar surface area (TPSA) is 74.0 Å². The first-order chi connectivity index (χ1) is 13.2. The summed E-state index contributed by atoms with van der Waals surface area (Å²) in [6.45, 7) is 7.46. The highest BCUT2D eigenvalue weighted by atomic mass is 127. The van der Waals surface area contributed by atoms with E-state index in [1.807, 2.05) is 11.0 Å². The third kappa shape index (κ3) is 6.34. The Balaban J connectivity index is 0.00000280. The molecule has 3 N–H and O–H groups in total. The fraction of sp³-hybridized carbons (Fsp3) is 0.619. The van der Waals surface area contributed by atoms with Gasteiger partial charge in [0, 0.05) is 32.1 Å². The van der Waals surface area contributed by atoms with Crippen LogP contribution < -0.4 is 11.1 Å². The fourth-order valence-electron chi connectivity index (χ4n) is 4.10. The summed E-state index contributed by atoms with van der Waals surface area (Å²) in [6, 6.07) is 8.93. The van der Waals surface area contributed by atoms with Gasteiger partial charge in [-0.3, -0.25) is 14.7 Å². The van der Waals surface area contributed by atoms with Gasteiger partial charge in [-0.05, 0) is 49.9 Å². The number of likely N-dealkylation sites (N-methyl/N-ethyl adjacent to an activating group) is 1. The Kier molecular flexibility index (Phi) is 9.50. The second-order valence-electron chi connectivity index (χ2n) is 7.51. The first kappa shape index (κ1) is 22.9. The summed E-state index contributed by atoms with van der Waals surface area (Å²) in [5.74, 6) is 0.726. The summed E-state index contributed by atoms with van der Waals surface area (Å²) in [6.07, 6.45) is 4.74. The van der Waals surface area contributed by atoms with E-state index < -0.39 is 0 Å². The molecule has 1 fully saturated rings. The highest BCUT2D eigenvalue weighted by Gasteiger charge is 2.22. The van der Waals surface area contributed by atoms with E-state index in [0.717, 1.165) is 39.0 Å². The minimum Gasteiger partial charge on any atom is -0.370 e. The number of carbonyl (C=O) groups is 1. The number of rotatable bonds is 7. The number of carbonyl (C=O) groups excluding carboxylic acids is 1. The van der Waals surface area contributed by atoms with Gasteiger partial charge in [-0.1, -0.05) is 31.2 Å². The molecule has 0 radical (unpaired) electrons. The van der Waals surface area contributed by atoms with Crippen molar-refractivity contribution in [1.29, 1.82) is 0 Å². The van der Waals surface area contributed by atoms with E-state index in [1.165, 1.54) is 30.5 Å². The maximum absolute atomic E-state index is 12.5. The molecule has 2 aliphatic rings. The minimum absolute atomic E-state index is 0. The number of hydrogen-bond donors (Lipinski definition) is 2. The maximum atomic E-state index is 12.5. The van der Waals surface area contributed by atoms with Crippen molar-refractivity contribution in [1.82, 2.24) is 15.1 Å². The van der Waals surface area contributed by atoms with Crippen LogP contribution in [0.25, 0.3) is 0 Å². The summed E-state index contributed by atoms with van der Waals surface area (Å²) >= 11 is 0. The molecule has 0 spiro atoms. The van der Waals surface area contributed by atoms with Gasteiger partial charge in [0.05, 0.1) is 6.54 Å². The second-order valence-corrected chi connectivity index (χ2v) is 7.51. The molecule has 2 aliphatic heterocycles. The van der Waals surface area contributed by atoms with Crippen LogP contribution in [0.3, 0.4) is 0 Å². The van der Waals surface area contributed by atoms with Crippen molar-refractivity contribution < 1.29 is 4.79 Å². The Labute approximate surface area is 186 Å². The van der Waals surface area contributed by atoms with Crippen molar-refractivity contribution in [2.24, 2.45) is 10.7 Å². The van der Waals surface area contributed by atoms with Crippen molar-refractivity contribution in [3.63, 3.8) is 0 Å². The average molecular weight is 499 g/mol. The lowest BCUT2D eigenvalue weighted by Gasteiger charge is -2.29. The predicted octanol–water partition coefficient (Wildman–Crippen LogP) is 2.36. The first-order valence-electron chi connectivity index (χ1n) is 10.3. The SMILES string of the molecule is CCN1CCCC1CN=C(N)NCCCC(=O)N1CCc2ccccc2C1.I. The van der Waals surface area contributed by atoms with E-state index in [2.05, 4.69) is 40.3 Å². The van der Waals surface area contributed by atoms with Crippen molar-refractivity contribution in [3.05, 3.63) is 35.4 Å². The summed E-state index contributed by atoms with van der Waals surface area (Å²) in [5, 5.41) is 3.15. The third-order valence-corrected chi connectivity index (χ3v) is 5.73. The molecule has 6 nitrogen and oxygen atoms in total. The Bertz CT molecular complexity index is 666. The van der Waals surface area contributed by atoms with Crippen LogP contribution in [0.2, 0.25) is 0 Å². The molecule has 0 bridgehead atoms. The summed E-state index contributed by atoms with van der Waals surface area (Å²) in [4.78, 5) is 21.4. The molecule has 1 unspecified atom stereocenters. The number of hydrogen-bond acceptors (Lipinski definition) is 3. The van der Waals surface area contributed by atoms with Crippen LogP contribution in [-0.4, -0.2) is 60.4 Å². The molecule has 0 saturated carbocycles. The van der Waals surface area contributed by atoms with E-state index >= 15 is 0 Å². The molecule has 28 heavy (non-hydrogen) atoms. The zero-order valence-electron chi connectivity index (χ0n) is 16.9. The number of guanidine groups is 1. The highest BCUT2D eigenvalue weighted by molar-refractivity contribution is 14.0. The Morgan fingerprint density at radius 3 is 2.86 bits per heavy atom. The molecule has 0 aromatic heterocycles. The molecule has 7 heteroatoms. The van der Waals surface area contributed by atoms with Crippen molar-refractivity contribution in [3.8, 4) is 0 Å². The number of benzene rings is 1. The van der Waals surface area contributed by atoms with Gasteiger partial charge in [-0.2, -0.15) is 0 Å². The molecule has 1 aromatic rings. The monoisotopic (exact) mass is 499 g/mol. The molecule has 1 aromatic carbocycles. The molecule has 1 atom stereocenters. The number of halogens is 1. The Morgan fingerprint density at radius 2 is 2.07 bits per heavy atom. The number of likely N-dealkylation sites (tertiary alicyclic amines) is 1. The summed E-state index contributed by atoms with van der Waals surface area (Å²) < 4.78 is 0. The smallest absolute Gasteiger partial charge is 0.222 e. The fourth-order valence-corrected chi connectivity index (χ4v) is 4.10. The van der Waals surface area contributed by atoms with Crippen LogP contribution in [0.5, 0.6) is 0 Å². The van der Waals surface area contributed by atoms with Gasteiger partial charge in [0.25, 0.3) is 0 Å². The standard InChI is InChI=1S/C21H33N5O.HI/c1-2-25-13-6-9-19(25)15-24-21(22)23-12-5-10-20(27)26-14-11-17-7-3-4-8-18(17)16-26;/h3-4,7-8,19H,2,5-6,9-16H2,1H3,(H3,22,23,24);1H. The van der Waals surface area contributed by atoms with Gasteiger partial charge in [-0.15, -0.1) is 24.0 Å². The number of nitrogens with zero attached hydrogens (tertiary/aromatic N) is 3. The van der Waals surface area contributed by atoms with E-state index in [1.54, 1.807) is 0 Å². The van der Waals surface area contributed by atoms with Gasteiger partial charge in [0.1, 0.15) is 0 Å². The van der Waals surface area contributed by atoms with E-state index in [9.17, 15) is 4.79 Å². The molecule has 2 heterocycles. The van der Waals surface area contributed by atoms with Crippen LogP contribution in [-0.2, 0) is 17.8 Å². The molecule has 156 valence electrons. The molecule has 1 amide bonds. The highest BCUT2D eigenvalue weighted by Crippen LogP contribution is 2.19. The Hall–Kier alpha value is -1.35. The van der Waals surface area contributed by atoms with E-state index in [0.29, 0.717) is 25.0 Å². The lowest BCUT2D eigenvalue weighted by molar-refractivity contribution is -0.132. The zero-order valence-corrected chi connectivity index (χ0v) is 19.2. The number of aliphatic imine (C=N–C) groups is 1. The predicted molar refractivity (Wildman–Crippen MR) is 125 cm³/mol. The number of fused-ring (bicyclic) bond motifs is 1. The zero-order chi connectivity index (χ0) is 19.1. The number of amides is 1. The quantitative estimate of drug-likeness (QED) is 0.262. The first-order valence-corrected chi connectivity index (χ1v) is 10.3. The van der Waals surface area contributed by atoms with Crippen LogP contribution >= 0.6 is 24.0 Å². The van der Waals surface area contributed by atoms with Gasteiger partial charge >= 0.3 is 0 Å². The summed E-state index contributed by atoms with van der Waals surface area (Å²) in [5.41, 5.74) is 8.63. The number of nitrogens with two attached hydrogens (primary N) is 1. The lowest BCUT2D eigenvalue weighted by Crippen LogP contribution is -2.37. The van der Waals surface area contributed by atoms with E-state index in [4.69, 9.17) is 5.73 Å². The Morgan fingerprint density at radius 1 is 1.29 bits per heavy atom. The van der Waals surface area contributed by atoms with Gasteiger partial charge in [-0.25, -0.2) is 0 Å². The van der Waals surface area contributed by atoms with Gasteiger partial charge in [0.15, 0.2) is 5.96 Å². The summed E-state index contributed by atoms with van der Waals surface area (Å²) in [7, 11) is 0. The van der Waals surface area contributed by atoms with Gasteiger partial charge in [0.2, 0.25) is 5.91 Å². The van der Waals surface area contributed by atoms with Crippen LogP contribution in [0, 0.1) is 0 Å². The maximum Gasteiger partial charge on any atom is 0.222 e. The molecular formula is C21H34IN5O. The third-order valence-electron chi connectivity index (χ3n) is 5.73. The molecule has 1 saturated heterocycles. The minimum atomic E-state index is 0. The number of nitrogens with one attached hydrogen (secondary N) is 1.